The predicted octanol–water partition coefficient (Wildman–Crippen LogP) is 2.63. The number of hydrogen-bond acceptors (Lipinski definition) is 5. The number of urea groups is 1. The van der Waals surface area contributed by atoms with Gasteiger partial charge in [0.05, 0.1) is 19.6 Å². The number of esters is 1. The first-order valence-electron chi connectivity index (χ1n) is 8.28. The monoisotopic (exact) mass is 405 g/mol. The molecule has 2 aromatic carbocycles. The fourth-order valence-electron chi connectivity index (χ4n) is 2.36. The van der Waals surface area contributed by atoms with E-state index in [1.54, 1.807) is 48.5 Å². The summed E-state index contributed by atoms with van der Waals surface area (Å²) < 4.78 is 10.0. The Kier molecular flexibility index (Phi) is 7.65. The van der Waals surface area contributed by atoms with Crippen molar-refractivity contribution in [2.45, 2.75) is 12.5 Å². The molecule has 0 unspecified atom stereocenters. The Balaban J connectivity index is 1.88. The third kappa shape index (κ3) is 6.81. The van der Waals surface area contributed by atoms with Gasteiger partial charge < -0.3 is 25.8 Å². The molecule has 28 heavy (non-hydrogen) atoms. The molecule has 0 radical (unpaired) electrons. The molecule has 0 aliphatic rings. The molecule has 0 saturated carbocycles. The molecule has 0 spiro atoms. The molecule has 0 fully saturated rings. The Morgan fingerprint density at radius 3 is 2.29 bits per heavy atom. The first kappa shape index (κ1) is 21.0. The van der Waals surface area contributed by atoms with Crippen LogP contribution in [0.4, 0.5) is 10.5 Å². The van der Waals surface area contributed by atoms with Gasteiger partial charge in [-0.3, -0.25) is 9.59 Å². The van der Waals surface area contributed by atoms with Crippen LogP contribution < -0.4 is 21.1 Å². The average molecular weight is 406 g/mol. The zero-order valence-corrected chi connectivity index (χ0v) is 15.9. The lowest BCUT2D eigenvalue weighted by Gasteiger charge is -2.17. The lowest BCUT2D eigenvalue weighted by atomic mass is 10.0. The van der Waals surface area contributed by atoms with Crippen LogP contribution in [0.5, 0.6) is 5.75 Å². The van der Waals surface area contributed by atoms with Crippen molar-refractivity contribution >= 4 is 35.2 Å². The SMILES string of the molecule is COc1ccc(NC(=O)COC(=O)C[C@H](NC(N)=O)c2ccc(Cl)cc2)cc1. The van der Waals surface area contributed by atoms with Crippen molar-refractivity contribution < 1.29 is 23.9 Å². The molecule has 148 valence electrons. The number of methoxy groups -OCH3 is 1. The minimum atomic E-state index is -0.787. The van der Waals surface area contributed by atoms with Gasteiger partial charge in [-0.15, -0.1) is 0 Å². The molecule has 0 aliphatic carbocycles. The van der Waals surface area contributed by atoms with E-state index in [1.807, 2.05) is 0 Å². The molecule has 2 aromatic rings. The number of carbonyl (C=O) groups excluding carboxylic acids is 3. The molecule has 1 atom stereocenters. The number of nitrogens with one attached hydrogen (secondary N) is 2. The number of primary amides is 1. The van der Waals surface area contributed by atoms with E-state index in [9.17, 15) is 14.4 Å². The van der Waals surface area contributed by atoms with E-state index < -0.39 is 30.6 Å². The molecule has 9 heteroatoms. The Hall–Kier alpha value is -3.26. The summed E-state index contributed by atoms with van der Waals surface area (Å²) >= 11 is 5.84. The zero-order valence-electron chi connectivity index (χ0n) is 15.1. The molecular formula is C19H20ClN3O5. The number of rotatable bonds is 8. The van der Waals surface area contributed by atoms with E-state index in [4.69, 9.17) is 26.8 Å². The highest BCUT2D eigenvalue weighted by Crippen LogP contribution is 2.20. The van der Waals surface area contributed by atoms with Gasteiger partial charge >= 0.3 is 12.0 Å². The molecule has 0 aliphatic heterocycles. The molecule has 3 amide bonds. The lowest BCUT2D eigenvalue weighted by molar-refractivity contribution is -0.147. The van der Waals surface area contributed by atoms with Crippen LogP contribution >= 0.6 is 11.6 Å². The second-order valence-corrected chi connectivity index (χ2v) is 6.19. The highest BCUT2D eigenvalue weighted by molar-refractivity contribution is 6.30. The highest BCUT2D eigenvalue weighted by Gasteiger charge is 2.19. The Morgan fingerprint density at radius 1 is 1.07 bits per heavy atom. The highest BCUT2D eigenvalue weighted by atomic mass is 35.5. The summed E-state index contributed by atoms with van der Waals surface area (Å²) in [5, 5.41) is 5.58. The molecule has 0 aromatic heterocycles. The number of hydrogen-bond donors (Lipinski definition) is 3. The minimum Gasteiger partial charge on any atom is -0.497 e. The number of carbonyl (C=O) groups is 3. The van der Waals surface area contributed by atoms with E-state index in [2.05, 4.69) is 10.6 Å². The van der Waals surface area contributed by atoms with E-state index in [-0.39, 0.29) is 6.42 Å². The summed E-state index contributed by atoms with van der Waals surface area (Å²) in [6, 6.07) is 11.8. The molecule has 0 bridgehead atoms. The van der Waals surface area contributed by atoms with Gasteiger partial charge in [-0.2, -0.15) is 0 Å². The number of nitrogens with two attached hydrogens (primary N) is 1. The van der Waals surface area contributed by atoms with Crippen LogP contribution in [0, 0.1) is 0 Å². The van der Waals surface area contributed by atoms with Crippen LogP contribution in [0.1, 0.15) is 18.0 Å². The van der Waals surface area contributed by atoms with Crippen LogP contribution in [0.25, 0.3) is 0 Å². The molecule has 2 rings (SSSR count). The zero-order chi connectivity index (χ0) is 20.5. The van der Waals surface area contributed by atoms with Crippen LogP contribution in [0.15, 0.2) is 48.5 Å². The molecule has 8 nitrogen and oxygen atoms in total. The fourth-order valence-corrected chi connectivity index (χ4v) is 2.49. The van der Waals surface area contributed by atoms with Gasteiger partial charge in [0, 0.05) is 10.7 Å². The first-order valence-corrected chi connectivity index (χ1v) is 8.66. The van der Waals surface area contributed by atoms with Crippen molar-refractivity contribution in [3.8, 4) is 5.75 Å². The van der Waals surface area contributed by atoms with Gasteiger partial charge in [0.25, 0.3) is 5.91 Å². The maximum absolute atomic E-state index is 12.1. The van der Waals surface area contributed by atoms with E-state index in [0.29, 0.717) is 22.0 Å². The number of anilines is 1. The van der Waals surface area contributed by atoms with Crippen LogP contribution in [-0.2, 0) is 14.3 Å². The summed E-state index contributed by atoms with van der Waals surface area (Å²) in [4.78, 5) is 35.2. The third-order valence-corrected chi connectivity index (χ3v) is 3.95. The maximum Gasteiger partial charge on any atom is 0.312 e. The van der Waals surface area contributed by atoms with E-state index in [0.717, 1.165) is 0 Å². The Morgan fingerprint density at radius 2 is 1.71 bits per heavy atom. The maximum atomic E-state index is 12.1. The third-order valence-electron chi connectivity index (χ3n) is 3.70. The summed E-state index contributed by atoms with van der Waals surface area (Å²) in [6.07, 6.45) is -0.194. The van der Waals surface area contributed by atoms with Gasteiger partial charge in [-0.1, -0.05) is 23.7 Å². The quantitative estimate of drug-likeness (QED) is 0.583. The second kappa shape index (κ2) is 10.2. The smallest absolute Gasteiger partial charge is 0.312 e. The van der Waals surface area contributed by atoms with Crippen molar-refractivity contribution in [2.75, 3.05) is 19.0 Å². The summed E-state index contributed by atoms with van der Waals surface area (Å²) in [5.74, 6) is -0.511. The van der Waals surface area contributed by atoms with Gasteiger partial charge in [-0.05, 0) is 42.0 Å². The molecule has 0 heterocycles. The van der Waals surface area contributed by atoms with Crippen molar-refractivity contribution in [3.05, 3.63) is 59.1 Å². The molecule has 4 N–H and O–H groups in total. The standard InChI is InChI=1S/C19H20ClN3O5/c1-27-15-8-6-14(7-9-15)22-17(24)11-28-18(25)10-16(23-19(21)26)12-2-4-13(20)5-3-12/h2-9,16H,10-11H2,1H3,(H,22,24)(H3,21,23,26)/t16-/m0/s1. The van der Waals surface area contributed by atoms with Crippen molar-refractivity contribution in [3.63, 3.8) is 0 Å². The topological polar surface area (TPSA) is 120 Å². The largest absolute Gasteiger partial charge is 0.497 e. The number of benzene rings is 2. The summed E-state index contributed by atoms with van der Waals surface area (Å²) in [7, 11) is 1.54. The average Bonchev–Trinajstić information content (AvgIpc) is 2.67. The molecule has 0 saturated heterocycles. The predicted molar refractivity (Wildman–Crippen MR) is 104 cm³/mol. The summed E-state index contributed by atoms with van der Waals surface area (Å²) in [6.45, 7) is -0.464. The van der Waals surface area contributed by atoms with E-state index in [1.165, 1.54) is 7.11 Å². The van der Waals surface area contributed by atoms with Crippen molar-refractivity contribution in [1.29, 1.82) is 0 Å². The van der Waals surface area contributed by atoms with Crippen LogP contribution in [-0.4, -0.2) is 31.6 Å². The minimum absolute atomic E-state index is 0.194. The number of amides is 3. The Bertz CT molecular complexity index is 824. The van der Waals surface area contributed by atoms with Gasteiger partial charge in [0.2, 0.25) is 0 Å². The van der Waals surface area contributed by atoms with Crippen molar-refractivity contribution in [2.24, 2.45) is 5.73 Å². The first-order chi connectivity index (χ1) is 13.4. The van der Waals surface area contributed by atoms with Crippen LogP contribution in [0.3, 0.4) is 0 Å². The van der Waals surface area contributed by atoms with Gasteiger partial charge in [0.15, 0.2) is 6.61 Å². The molecular weight excluding hydrogens is 386 g/mol. The van der Waals surface area contributed by atoms with E-state index >= 15 is 0 Å². The number of halogens is 1. The Labute approximate surface area is 166 Å². The number of ether oxygens (including phenoxy) is 2. The van der Waals surface area contributed by atoms with Crippen LogP contribution in [0.2, 0.25) is 5.02 Å². The van der Waals surface area contributed by atoms with Gasteiger partial charge in [-0.25, -0.2) is 4.79 Å². The normalized spacial score (nSPS) is 11.2. The van der Waals surface area contributed by atoms with Crippen molar-refractivity contribution in [1.82, 2.24) is 5.32 Å². The van der Waals surface area contributed by atoms with Gasteiger partial charge in [0.1, 0.15) is 5.75 Å². The fraction of sp³-hybridized carbons (Fsp3) is 0.211. The second-order valence-electron chi connectivity index (χ2n) is 5.75. The summed E-state index contributed by atoms with van der Waals surface area (Å²) in [5.41, 5.74) is 6.33. The lowest BCUT2D eigenvalue weighted by Crippen LogP contribution is -2.35.